The van der Waals surface area contributed by atoms with Gasteiger partial charge in [-0.3, -0.25) is 0 Å². The van der Waals surface area contributed by atoms with Gasteiger partial charge in [0.1, 0.15) is 0 Å². The molecular formula is C13H15Cl2NO3. The molecule has 19 heavy (non-hydrogen) atoms. The number of benzene rings is 1. The van der Waals surface area contributed by atoms with Crippen LogP contribution in [0.3, 0.4) is 0 Å². The molecular weight excluding hydrogens is 289 g/mol. The van der Waals surface area contributed by atoms with Gasteiger partial charge in [-0.2, -0.15) is 0 Å². The summed E-state index contributed by atoms with van der Waals surface area (Å²) in [6, 6.07) is 3.56. The minimum Gasteiger partial charge on any atom is -0.479 e. The second-order valence-corrected chi connectivity index (χ2v) is 5.44. The van der Waals surface area contributed by atoms with Crippen LogP contribution in [0.5, 0.6) is 0 Å². The van der Waals surface area contributed by atoms with Crippen molar-refractivity contribution in [1.29, 1.82) is 0 Å². The van der Waals surface area contributed by atoms with E-state index in [9.17, 15) is 4.79 Å². The number of hydrogen-bond donors (Lipinski definition) is 2. The zero-order chi connectivity index (χ0) is 14.0. The third kappa shape index (κ3) is 3.53. The SMILES string of the molecule is Cc1cc(Cl)c(NCC2CCC(C(=O)O)O2)cc1Cl. The number of carboxylic acids is 1. The predicted octanol–water partition coefficient (Wildman–Crippen LogP) is 3.35. The molecule has 1 saturated heterocycles. The Kier molecular flexibility index (Phi) is 4.55. The van der Waals surface area contributed by atoms with Crippen molar-refractivity contribution in [3.8, 4) is 0 Å². The van der Waals surface area contributed by atoms with Gasteiger partial charge in [0.15, 0.2) is 6.10 Å². The third-order valence-electron chi connectivity index (χ3n) is 3.15. The lowest BCUT2D eigenvalue weighted by Crippen LogP contribution is -2.24. The molecule has 0 bridgehead atoms. The first-order chi connectivity index (χ1) is 8.97. The van der Waals surface area contributed by atoms with E-state index in [4.69, 9.17) is 33.0 Å². The summed E-state index contributed by atoms with van der Waals surface area (Å²) in [5, 5.41) is 13.2. The van der Waals surface area contributed by atoms with Crippen LogP contribution in [0.4, 0.5) is 5.69 Å². The van der Waals surface area contributed by atoms with Crippen molar-refractivity contribution in [3.05, 3.63) is 27.7 Å². The number of anilines is 1. The molecule has 2 N–H and O–H groups in total. The number of carbonyl (C=O) groups is 1. The maximum atomic E-state index is 10.8. The third-order valence-corrected chi connectivity index (χ3v) is 3.87. The Labute approximate surface area is 121 Å². The minimum atomic E-state index is -0.904. The van der Waals surface area contributed by atoms with Crippen molar-refractivity contribution >= 4 is 34.9 Å². The van der Waals surface area contributed by atoms with E-state index in [1.54, 1.807) is 12.1 Å². The Bertz CT molecular complexity index is 493. The Morgan fingerprint density at radius 3 is 2.79 bits per heavy atom. The van der Waals surface area contributed by atoms with Gasteiger partial charge in [-0.15, -0.1) is 0 Å². The first kappa shape index (κ1) is 14.4. The molecule has 4 nitrogen and oxygen atoms in total. The standard InChI is InChI=1S/C13H15Cl2NO3/c1-7-4-10(15)11(5-9(7)14)16-6-8-2-3-12(19-8)13(17)18/h4-5,8,12,16H,2-3,6H2,1H3,(H,17,18). The normalized spacial score (nSPS) is 22.5. The molecule has 1 heterocycles. The van der Waals surface area contributed by atoms with Crippen LogP contribution >= 0.6 is 23.2 Å². The molecule has 0 amide bonds. The first-order valence-corrected chi connectivity index (χ1v) is 6.80. The Hall–Kier alpha value is -0.970. The quantitative estimate of drug-likeness (QED) is 0.895. The molecule has 0 aromatic heterocycles. The molecule has 0 aliphatic carbocycles. The first-order valence-electron chi connectivity index (χ1n) is 6.05. The van der Waals surface area contributed by atoms with Gasteiger partial charge in [0.05, 0.1) is 16.8 Å². The van der Waals surface area contributed by atoms with Gasteiger partial charge < -0.3 is 15.2 Å². The maximum absolute atomic E-state index is 10.8. The molecule has 104 valence electrons. The number of nitrogens with one attached hydrogen (secondary N) is 1. The molecule has 0 spiro atoms. The molecule has 0 saturated carbocycles. The van der Waals surface area contributed by atoms with Gasteiger partial charge in [-0.05, 0) is 37.5 Å². The average molecular weight is 304 g/mol. The predicted molar refractivity (Wildman–Crippen MR) is 75.2 cm³/mol. The summed E-state index contributed by atoms with van der Waals surface area (Å²) < 4.78 is 5.40. The van der Waals surface area contributed by atoms with Gasteiger partial charge in [0.25, 0.3) is 0 Å². The van der Waals surface area contributed by atoms with Crippen molar-refractivity contribution in [3.63, 3.8) is 0 Å². The maximum Gasteiger partial charge on any atom is 0.332 e. The Morgan fingerprint density at radius 2 is 2.16 bits per heavy atom. The zero-order valence-electron chi connectivity index (χ0n) is 10.5. The topological polar surface area (TPSA) is 58.6 Å². The number of aryl methyl sites for hydroxylation is 1. The molecule has 1 aromatic carbocycles. The monoisotopic (exact) mass is 303 g/mol. The summed E-state index contributed by atoms with van der Waals surface area (Å²) in [6.07, 6.45) is 0.465. The molecule has 2 atom stereocenters. The lowest BCUT2D eigenvalue weighted by atomic mass is 10.2. The van der Waals surface area contributed by atoms with Gasteiger partial charge in [0, 0.05) is 11.6 Å². The minimum absolute atomic E-state index is 0.114. The number of halogens is 2. The van der Waals surface area contributed by atoms with Crippen LogP contribution in [0.15, 0.2) is 12.1 Å². The van der Waals surface area contributed by atoms with Crippen molar-refractivity contribution in [2.45, 2.75) is 32.0 Å². The molecule has 1 fully saturated rings. The summed E-state index contributed by atoms with van der Waals surface area (Å²) in [5.74, 6) is -0.904. The fraction of sp³-hybridized carbons (Fsp3) is 0.462. The summed E-state index contributed by atoms with van der Waals surface area (Å²) in [7, 11) is 0. The van der Waals surface area contributed by atoms with Gasteiger partial charge in [-0.25, -0.2) is 4.79 Å². The lowest BCUT2D eigenvalue weighted by Gasteiger charge is -2.15. The fourth-order valence-corrected chi connectivity index (χ4v) is 2.49. The van der Waals surface area contributed by atoms with Crippen LogP contribution in [-0.2, 0) is 9.53 Å². The van der Waals surface area contributed by atoms with E-state index < -0.39 is 12.1 Å². The Balaban J connectivity index is 1.93. The molecule has 1 aliphatic heterocycles. The van der Waals surface area contributed by atoms with Crippen LogP contribution in [0.25, 0.3) is 0 Å². The smallest absolute Gasteiger partial charge is 0.332 e. The number of hydrogen-bond acceptors (Lipinski definition) is 3. The molecule has 1 aromatic rings. The van der Waals surface area contributed by atoms with Crippen LogP contribution in [-0.4, -0.2) is 29.8 Å². The van der Waals surface area contributed by atoms with Crippen LogP contribution in [0, 0.1) is 6.92 Å². The zero-order valence-corrected chi connectivity index (χ0v) is 12.0. The van der Waals surface area contributed by atoms with Crippen LogP contribution in [0.2, 0.25) is 10.0 Å². The molecule has 6 heteroatoms. The number of aliphatic carboxylic acids is 1. The number of rotatable bonds is 4. The van der Waals surface area contributed by atoms with Gasteiger partial charge in [0.2, 0.25) is 0 Å². The van der Waals surface area contributed by atoms with E-state index in [1.165, 1.54) is 0 Å². The highest BCUT2D eigenvalue weighted by Crippen LogP contribution is 2.29. The molecule has 2 unspecified atom stereocenters. The average Bonchev–Trinajstić information content (AvgIpc) is 2.81. The van der Waals surface area contributed by atoms with E-state index in [2.05, 4.69) is 5.32 Å². The van der Waals surface area contributed by atoms with Gasteiger partial charge >= 0.3 is 5.97 Å². The highest BCUT2D eigenvalue weighted by Gasteiger charge is 2.30. The van der Waals surface area contributed by atoms with Crippen molar-refractivity contribution in [1.82, 2.24) is 0 Å². The van der Waals surface area contributed by atoms with Gasteiger partial charge in [-0.1, -0.05) is 23.2 Å². The highest BCUT2D eigenvalue weighted by atomic mass is 35.5. The number of ether oxygens (including phenoxy) is 1. The van der Waals surface area contributed by atoms with Crippen molar-refractivity contribution in [2.24, 2.45) is 0 Å². The second kappa shape index (κ2) is 5.99. The van der Waals surface area contributed by atoms with E-state index in [-0.39, 0.29) is 6.10 Å². The highest BCUT2D eigenvalue weighted by molar-refractivity contribution is 6.35. The molecule has 1 aliphatic rings. The number of carboxylic acid groups (broad SMARTS) is 1. The van der Waals surface area contributed by atoms with E-state index in [1.807, 2.05) is 6.92 Å². The van der Waals surface area contributed by atoms with Crippen LogP contribution < -0.4 is 5.32 Å². The lowest BCUT2D eigenvalue weighted by molar-refractivity contribution is -0.149. The fourth-order valence-electron chi connectivity index (χ4n) is 2.04. The summed E-state index contributed by atoms with van der Waals surface area (Å²) >= 11 is 12.1. The summed E-state index contributed by atoms with van der Waals surface area (Å²) in [4.78, 5) is 10.8. The van der Waals surface area contributed by atoms with E-state index >= 15 is 0 Å². The van der Waals surface area contributed by atoms with Crippen molar-refractivity contribution in [2.75, 3.05) is 11.9 Å². The largest absolute Gasteiger partial charge is 0.479 e. The Morgan fingerprint density at radius 1 is 1.42 bits per heavy atom. The summed E-state index contributed by atoms with van der Waals surface area (Å²) in [6.45, 7) is 2.40. The molecule has 2 rings (SSSR count). The van der Waals surface area contributed by atoms with Crippen molar-refractivity contribution < 1.29 is 14.6 Å². The van der Waals surface area contributed by atoms with E-state index in [0.29, 0.717) is 23.0 Å². The molecule has 0 radical (unpaired) electrons. The van der Waals surface area contributed by atoms with E-state index in [0.717, 1.165) is 17.7 Å². The van der Waals surface area contributed by atoms with Crippen LogP contribution in [0.1, 0.15) is 18.4 Å². The summed E-state index contributed by atoms with van der Waals surface area (Å²) in [5.41, 5.74) is 1.65. The second-order valence-electron chi connectivity index (χ2n) is 4.62.